The number of rotatable bonds is 8. The lowest BCUT2D eigenvalue weighted by molar-refractivity contribution is 0.0451. The van der Waals surface area contributed by atoms with Gasteiger partial charge in [-0.3, -0.25) is 0 Å². The number of likely N-dealkylation sites (tertiary alicyclic amines) is 2. The van der Waals surface area contributed by atoms with Gasteiger partial charge in [-0.15, -0.1) is 0 Å². The summed E-state index contributed by atoms with van der Waals surface area (Å²) in [5.74, 6) is 1.75. The fourth-order valence-electron chi connectivity index (χ4n) is 12.2. The Morgan fingerprint density at radius 3 is 1.27 bits per heavy atom. The number of anilines is 3. The SMILES string of the molecule is CC(C)N1CCC(n2nc(-c3cc4cc(O)cc(Cl)c4[nH]3)c3c(N)ncnc32)CC1.CC(C)N1CCC(n2nc(-c3cc4cc(O)ccc4[nH]3)c3c(N)ncnc32)CC1.Nc1ncnc2c1c(-c1cc3cc(O)ccc3[nH]1)nn2C1CC(O)C1. The lowest BCUT2D eigenvalue weighted by Gasteiger charge is -2.34. The molecular weight excluding hydrogens is 1090 g/mol. The van der Waals surface area contributed by atoms with Gasteiger partial charge in [-0.05, 0) is 127 Å². The van der Waals surface area contributed by atoms with Crippen LogP contribution >= 0.6 is 11.6 Å². The van der Waals surface area contributed by atoms with Crippen molar-refractivity contribution in [3.8, 4) is 51.4 Å². The minimum absolute atomic E-state index is 0.106. The van der Waals surface area contributed by atoms with Crippen molar-refractivity contribution in [3.63, 3.8) is 0 Å². The van der Waals surface area contributed by atoms with E-state index in [0.717, 1.165) is 129 Å². The maximum atomic E-state index is 9.88. The van der Waals surface area contributed by atoms with Crippen LogP contribution in [0.4, 0.5) is 17.5 Å². The number of nitrogens with zero attached hydrogens (tertiary/aromatic N) is 14. The molecule has 24 nitrogen and oxygen atoms in total. The molecule has 3 aliphatic rings. The van der Waals surface area contributed by atoms with E-state index in [1.807, 2.05) is 44.4 Å². The number of piperidine rings is 2. The zero-order valence-electron chi connectivity index (χ0n) is 46.8. The van der Waals surface area contributed by atoms with Crippen molar-refractivity contribution >= 4 is 94.9 Å². The summed E-state index contributed by atoms with van der Waals surface area (Å²) < 4.78 is 5.87. The van der Waals surface area contributed by atoms with E-state index in [-0.39, 0.29) is 41.5 Å². The quantitative estimate of drug-likeness (QED) is 0.0677. The van der Waals surface area contributed by atoms with Gasteiger partial charge in [0.2, 0.25) is 0 Å². The predicted octanol–water partition coefficient (Wildman–Crippen LogP) is 9.23. The smallest absolute Gasteiger partial charge is 0.164 e. The normalized spacial score (nSPS) is 17.5. The Morgan fingerprint density at radius 1 is 0.488 bits per heavy atom. The number of fused-ring (bicyclic) bond motifs is 6. The van der Waals surface area contributed by atoms with Crippen LogP contribution in [0.3, 0.4) is 0 Å². The number of hydrogen-bond donors (Lipinski definition) is 10. The second kappa shape index (κ2) is 21.6. The third-order valence-corrected chi connectivity index (χ3v) is 17.1. The molecule has 432 valence electrons. The van der Waals surface area contributed by atoms with Gasteiger partial charge in [0.15, 0.2) is 16.9 Å². The van der Waals surface area contributed by atoms with Crippen LogP contribution in [0, 0.1) is 0 Å². The molecule has 11 heterocycles. The second-order valence-electron chi connectivity index (χ2n) is 22.7. The Hall–Kier alpha value is -9.10. The number of aromatic nitrogens is 15. The number of aromatic amines is 3. The first kappa shape index (κ1) is 54.2. The van der Waals surface area contributed by atoms with Gasteiger partial charge >= 0.3 is 0 Å². The van der Waals surface area contributed by atoms with E-state index in [9.17, 15) is 20.4 Å². The molecule has 3 aromatic carbocycles. The predicted molar refractivity (Wildman–Crippen MR) is 325 cm³/mol. The molecule has 0 radical (unpaired) electrons. The van der Waals surface area contributed by atoms with E-state index >= 15 is 0 Å². The van der Waals surface area contributed by atoms with Gasteiger partial charge in [-0.2, -0.15) is 15.3 Å². The van der Waals surface area contributed by atoms with Crippen molar-refractivity contribution in [3.05, 3.63) is 90.7 Å². The summed E-state index contributed by atoms with van der Waals surface area (Å²) in [5.41, 5.74) is 27.9. The zero-order chi connectivity index (χ0) is 58.2. The molecule has 0 unspecified atom stereocenters. The van der Waals surface area contributed by atoms with E-state index in [1.165, 1.54) is 25.0 Å². The van der Waals surface area contributed by atoms with Gasteiger partial charge in [0, 0.05) is 71.5 Å². The molecule has 12 aromatic rings. The molecule has 2 saturated heterocycles. The van der Waals surface area contributed by atoms with Gasteiger partial charge in [-0.1, -0.05) is 11.6 Å². The van der Waals surface area contributed by atoms with Crippen molar-refractivity contribution < 1.29 is 20.4 Å². The van der Waals surface area contributed by atoms with Crippen molar-refractivity contribution in [1.82, 2.24) is 84.0 Å². The topological polar surface area (TPSA) is 344 Å². The number of benzene rings is 3. The maximum absolute atomic E-state index is 9.88. The van der Waals surface area contributed by atoms with Gasteiger partial charge < -0.3 is 62.4 Å². The van der Waals surface area contributed by atoms with Gasteiger partial charge in [0.05, 0.1) is 68.0 Å². The minimum atomic E-state index is -0.289. The van der Waals surface area contributed by atoms with E-state index in [2.05, 4.69) is 82.4 Å². The maximum Gasteiger partial charge on any atom is 0.164 e. The van der Waals surface area contributed by atoms with Crippen LogP contribution in [0.5, 0.6) is 17.2 Å². The number of halogens is 1. The summed E-state index contributed by atoms with van der Waals surface area (Å²) in [6.45, 7) is 13.1. The number of aliphatic hydroxyl groups excluding tert-OH is 1. The van der Waals surface area contributed by atoms with Crippen LogP contribution in [-0.4, -0.2) is 149 Å². The Morgan fingerprint density at radius 2 is 0.869 bits per heavy atom. The van der Waals surface area contributed by atoms with Crippen LogP contribution in [0.1, 0.15) is 84.3 Å². The monoisotopic (exact) mass is 1150 g/mol. The number of phenolic OH excluding ortho intramolecular Hbond substituents is 3. The Balaban J connectivity index is 0.000000118. The molecule has 0 spiro atoms. The van der Waals surface area contributed by atoms with E-state index < -0.39 is 0 Å². The highest BCUT2D eigenvalue weighted by atomic mass is 35.5. The first-order chi connectivity index (χ1) is 40.5. The molecule has 1 saturated carbocycles. The van der Waals surface area contributed by atoms with Gasteiger partial charge in [0.1, 0.15) is 70.8 Å². The lowest BCUT2D eigenvalue weighted by Crippen LogP contribution is -2.39. The van der Waals surface area contributed by atoms with Crippen molar-refractivity contribution in [2.45, 2.75) is 103 Å². The van der Waals surface area contributed by atoms with E-state index in [4.69, 9.17) is 44.1 Å². The number of aromatic hydroxyl groups is 3. The third-order valence-electron chi connectivity index (χ3n) is 16.8. The summed E-state index contributed by atoms with van der Waals surface area (Å²) in [6.07, 6.45) is 9.50. The zero-order valence-corrected chi connectivity index (χ0v) is 47.5. The first-order valence-electron chi connectivity index (χ1n) is 28.3. The van der Waals surface area contributed by atoms with Crippen LogP contribution in [-0.2, 0) is 0 Å². The summed E-state index contributed by atoms with van der Waals surface area (Å²) in [6, 6.07) is 21.1. The molecule has 0 bridgehead atoms. The van der Waals surface area contributed by atoms with E-state index in [0.29, 0.717) is 69.8 Å². The highest BCUT2D eigenvalue weighted by molar-refractivity contribution is 6.35. The largest absolute Gasteiger partial charge is 0.508 e. The number of hydrogen-bond acceptors (Lipinski definition) is 18. The molecule has 9 aromatic heterocycles. The molecule has 0 atom stereocenters. The fourth-order valence-corrected chi connectivity index (χ4v) is 12.4. The number of aliphatic hydroxyl groups is 1. The van der Waals surface area contributed by atoms with Crippen LogP contribution in [0.25, 0.3) is 100.0 Å². The molecule has 13 N–H and O–H groups in total. The first-order valence-corrected chi connectivity index (χ1v) is 28.7. The average molecular weight is 1150 g/mol. The molecule has 0 amide bonds. The summed E-state index contributed by atoms with van der Waals surface area (Å²) >= 11 is 6.31. The van der Waals surface area contributed by atoms with Crippen LogP contribution < -0.4 is 17.2 Å². The minimum Gasteiger partial charge on any atom is -0.508 e. The molecule has 25 heteroatoms. The summed E-state index contributed by atoms with van der Waals surface area (Å²) in [4.78, 5) is 40.9. The van der Waals surface area contributed by atoms with Crippen molar-refractivity contribution in [2.24, 2.45) is 0 Å². The fraction of sp³-hybridized carbons (Fsp3) is 0.339. The van der Waals surface area contributed by atoms with E-state index in [1.54, 1.807) is 30.3 Å². The number of phenols is 3. The molecule has 1 aliphatic carbocycles. The number of nitrogen functional groups attached to an aromatic ring is 3. The Bertz CT molecular complexity index is 4420. The standard InChI is InChI=1S/C21H24ClN7O.C21H25N7O.C17H16N6O2/c1-11(2)28-5-3-13(4-6-28)29-21-17(20(23)24-10-25-21)19(27-29)16-8-12-7-14(30)9-15(22)18(12)26-16;1-12(2)27-7-5-14(6-8-27)28-21-18(20(22)23-11-24-21)19(26-28)17-10-13-9-15(29)3-4-16(13)25-17;18-16-14-15(13-4-8-3-10(24)1-2-12(8)21-13)22-23(9-5-11(25)6-9)17(14)20-7-19-16/h7-11,13,26,30H,3-6H2,1-2H3,(H2,23,24,25);3-4,9-12,14,25,29H,5-8H2,1-2H3,(H2,22,23,24);1-4,7,9,11,21,24-25H,5-6H2,(H2,18,19,20). The molecule has 15 rings (SSSR count). The lowest BCUT2D eigenvalue weighted by atomic mass is 9.90. The Labute approximate surface area is 485 Å². The highest BCUT2D eigenvalue weighted by Crippen LogP contribution is 2.41. The number of nitrogens with two attached hydrogens (primary N) is 3. The molecule has 2 aliphatic heterocycles. The summed E-state index contributed by atoms with van der Waals surface area (Å²) in [5, 5.41) is 58.8. The van der Waals surface area contributed by atoms with Crippen molar-refractivity contribution in [2.75, 3.05) is 43.4 Å². The van der Waals surface area contributed by atoms with Crippen LogP contribution in [0.15, 0.2) is 85.7 Å². The van der Waals surface area contributed by atoms with Crippen LogP contribution in [0.2, 0.25) is 5.02 Å². The number of nitrogens with one attached hydrogen (secondary N) is 3. The average Bonchev–Trinajstić information content (AvgIpc) is 2.13. The molecule has 3 fully saturated rings. The summed E-state index contributed by atoms with van der Waals surface area (Å²) in [7, 11) is 0. The molecular formula is C59H65ClN20O4. The Kier molecular flexibility index (Phi) is 13.9. The third kappa shape index (κ3) is 9.92. The van der Waals surface area contributed by atoms with Gasteiger partial charge in [-0.25, -0.2) is 43.9 Å². The second-order valence-corrected chi connectivity index (χ2v) is 23.1. The number of H-pyrrole nitrogens is 3. The molecule has 84 heavy (non-hydrogen) atoms. The van der Waals surface area contributed by atoms with Gasteiger partial charge in [0.25, 0.3) is 0 Å². The van der Waals surface area contributed by atoms with Crippen molar-refractivity contribution in [1.29, 1.82) is 0 Å². The highest BCUT2D eigenvalue weighted by Gasteiger charge is 2.34.